The maximum absolute atomic E-state index is 12.6. The number of rotatable bonds is 20. The number of hydrogen-bond donors (Lipinski definition) is 22. The number of ether oxygens (including phenoxy) is 14. The Hall–Kier alpha value is -1.93. The van der Waals surface area contributed by atoms with Gasteiger partial charge in [-0.1, -0.05) is 0 Å². The highest BCUT2D eigenvalue weighted by Gasteiger charge is 2.57. The molecule has 0 amide bonds. The van der Waals surface area contributed by atoms with E-state index in [1.165, 1.54) is 0 Å². The SMILES string of the molecule is CC(=O)O[C@H]1[C@H](O[C@@H]2O[C@H](CO)[C@@H](O)[C@H](O)[C@H]2O)[C@@H](O)[C@H](OC[C@H]2O[C@H](O)[C@H](O)[C@@H](O)[C@@H]2O)O[C@@H]1CO[C@@H]1O[C@H](CO[C@@H]2O[C@H](CO[C@@H]3O[C@H](CO)[C@@H](O)[C@H](O)[C@H]3O)[C@@H](O)[C@H](O[C@@H]3O[C@H](CO)[C@@H](O)[C@H](O)[C@H]3O)[C@H]2O)[C@@H](O)[C@H](O)[C@H]1O. The van der Waals surface area contributed by atoms with Crippen molar-refractivity contribution < 1.29 is 183 Å². The highest BCUT2D eigenvalue weighted by atomic mass is 16.8. The molecule has 37 nitrogen and oxygen atoms in total. The van der Waals surface area contributed by atoms with E-state index in [4.69, 9.17) is 66.3 Å². The van der Waals surface area contributed by atoms with Gasteiger partial charge in [-0.05, 0) is 0 Å². The number of aliphatic hydroxyl groups is 22. The van der Waals surface area contributed by atoms with Crippen LogP contribution >= 0.6 is 0 Å². The quantitative estimate of drug-likeness (QED) is 0.0503. The molecule has 0 unspecified atom stereocenters. The van der Waals surface area contributed by atoms with Crippen molar-refractivity contribution in [2.75, 3.05) is 46.2 Å². The van der Waals surface area contributed by atoms with Crippen molar-refractivity contribution in [1.82, 2.24) is 0 Å². The molecule has 7 aliphatic heterocycles. The molecule has 0 bridgehead atoms. The molecular formula is C44H74O37. The Kier molecular flexibility index (Phi) is 23.6. The molecule has 7 fully saturated rings. The van der Waals surface area contributed by atoms with Crippen LogP contribution in [0, 0.1) is 0 Å². The van der Waals surface area contributed by atoms with E-state index in [1.54, 1.807) is 0 Å². The topological polar surface area (TPSA) is 591 Å². The largest absolute Gasteiger partial charge is 0.457 e. The summed E-state index contributed by atoms with van der Waals surface area (Å²) >= 11 is 0. The lowest BCUT2D eigenvalue weighted by Gasteiger charge is -2.48. The van der Waals surface area contributed by atoms with Crippen LogP contribution in [0.25, 0.3) is 0 Å². The average molecular weight is 1200 g/mol. The van der Waals surface area contributed by atoms with Crippen LogP contribution in [0.2, 0.25) is 0 Å². The van der Waals surface area contributed by atoms with E-state index in [9.17, 15) is 117 Å². The summed E-state index contributed by atoms with van der Waals surface area (Å²) in [5.41, 5.74) is 0. The van der Waals surface area contributed by atoms with Gasteiger partial charge >= 0.3 is 5.97 Å². The zero-order valence-corrected chi connectivity index (χ0v) is 42.6. The van der Waals surface area contributed by atoms with E-state index in [0.29, 0.717) is 0 Å². The summed E-state index contributed by atoms with van der Waals surface area (Å²) in [6.07, 6.45) is -68.0. The monoisotopic (exact) mass is 1190 g/mol. The predicted octanol–water partition coefficient (Wildman–Crippen LogP) is -15.7. The molecule has 22 N–H and O–H groups in total. The van der Waals surface area contributed by atoms with Crippen LogP contribution in [-0.2, 0) is 71.1 Å². The number of aliphatic hydroxyl groups excluding tert-OH is 22. The number of carbonyl (C=O) groups is 1. The summed E-state index contributed by atoms with van der Waals surface area (Å²) in [5.74, 6) is -1.09. The number of esters is 1. The van der Waals surface area contributed by atoms with Crippen LogP contribution in [0.3, 0.4) is 0 Å². The van der Waals surface area contributed by atoms with Crippen LogP contribution in [0.1, 0.15) is 6.92 Å². The van der Waals surface area contributed by atoms with Gasteiger partial charge in [0.15, 0.2) is 50.1 Å². The fourth-order valence-corrected chi connectivity index (χ4v) is 9.89. The average Bonchev–Trinajstić information content (AvgIpc) is 3.62. The molecule has 7 rings (SSSR count). The van der Waals surface area contributed by atoms with Gasteiger partial charge in [-0.3, -0.25) is 4.79 Å². The Labute approximate surface area is 457 Å². The van der Waals surface area contributed by atoms with Crippen LogP contribution < -0.4 is 0 Å². The molecule has 81 heavy (non-hydrogen) atoms. The molecule has 0 aromatic carbocycles. The smallest absolute Gasteiger partial charge is 0.303 e. The Morgan fingerprint density at radius 3 is 0.988 bits per heavy atom. The molecule has 7 saturated heterocycles. The second-order valence-corrected chi connectivity index (χ2v) is 20.3. The normalized spacial score (nSPS) is 51.9. The van der Waals surface area contributed by atoms with E-state index >= 15 is 0 Å². The van der Waals surface area contributed by atoms with E-state index in [1.807, 2.05) is 0 Å². The molecule has 0 aromatic heterocycles. The van der Waals surface area contributed by atoms with Crippen molar-refractivity contribution in [2.24, 2.45) is 0 Å². The summed E-state index contributed by atoms with van der Waals surface area (Å²) in [6.45, 7) is -5.47. The third-order valence-corrected chi connectivity index (χ3v) is 14.7. The molecule has 0 aromatic rings. The summed E-state index contributed by atoms with van der Waals surface area (Å²) in [7, 11) is 0. The number of carbonyl (C=O) groups excluding carboxylic acids is 1. The minimum Gasteiger partial charge on any atom is -0.457 e. The van der Waals surface area contributed by atoms with E-state index in [-0.39, 0.29) is 0 Å². The van der Waals surface area contributed by atoms with Crippen molar-refractivity contribution in [3.63, 3.8) is 0 Å². The van der Waals surface area contributed by atoms with Gasteiger partial charge in [0.2, 0.25) is 0 Å². The standard InChI is InChI=1S/C44H74O37/c1-9(48)72-35-16(79-42(69-5-13-20(52)23(55)28(60)38(67)73-13)34(66)37(35)81-44-32(64)26(58)19(51)12(4-47)76-44)8-71-40-30(62)27(59)21(53)14(77-40)6-70-41-33(65)36(80-43-31(63)25(57)18(50)11(3-46)75-43)22(54)15(78-41)7-68-39-29(61)24(56)17(49)10(2-45)74-39/h10-47,49-67H,2-8H2,1H3/t10-,11-,12-,13-,14-,15-,16-,17-,18-,19-,20-,21-,22-,23+,24+,25+,26+,27+,28-,29-,30-,31-,32-,33-,34-,35-,36+,37-,38+,39-,40-,41-,42-,43+,44+/m1/s1. The van der Waals surface area contributed by atoms with E-state index in [2.05, 4.69) is 0 Å². The first-order chi connectivity index (χ1) is 38.2. The van der Waals surface area contributed by atoms with Crippen molar-refractivity contribution in [2.45, 2.75) is 222 Å². The predicted molar refractivity (Wildman–Crippen MR) is 241 cm³/mol. The first-order valence-electron chi connectivity index (χ1n) is 25.5. The summed E-state index contributed by atoms with van der Waals surface area (Å²) < 4.78 is 78.4. The second kappa shape index (κ2) is 28.7. The number of hydrogen-bond acceptors (Lipinski definition) is 37. The Morgan fingerprint density at radius 2 is 0.580 bits per heavy atom. The fourth-order valence-electron chi connectivity index (χ4n) is 9.89. The van der Waals surface area contributed by atoms with Crippen LogP contribution in [-0.4, -0.2) is 380 Å². The third kappa shape index (κ3) is 14.6. The Bertz CT molecular complexity index is 1930. The van der Waals surface area contributed by atoms with E-state index in [0.717, 1.165) is 6.92 Å². The first-order valence-corrected chi connectivity index (χ1v) is 25.5. The molecule has 472 valence electrons. The van der Waals surface area contributed by atoms with Gasteiger partial charge in [0.05, 0.1) is 46.2 Å². The van der Waals surface area contributed by atoms with Crippen molar-refractivity contribution in [1.29, 1.82) is 0 Å². The summed E-state index contributed by atoms with van der Waals surface area (Å²) in [4.78, 5) is 12.6. The van der Waals surface area contributed by atoms with Gasteiger partial charge in [0, 0.05) is 6.92 Å². The van der Waals surface area contributed by atoms with Crippen molar-refractivity contribution in [3.05, 3.63) is 0 Å². The molecule has 7 heterocycles. The van der Waals surface area contributed by atoms with Crippen molar-refractivity contribution in [3.8, 4) is 0 Å². The highest BCUT2D eigenvalue weighted by molar-refractivity contribution is 5.66. The lowest BCUT2D eigenvalue weighted by Crippen LogP contribution is -2.66. The van der Waals surface area contributed by atoms with Crippen LogP contribution in [0.4, 0.5) is 0 Å². The zero-order chi connectivity index (χ0) is 59.6. The minimum atomic E-state index is -2.18. The Balaban J connectivity index is 1.09. The lowest BCUT2D eigenvalue weighted by atomic mass is 9.96. The molecule has 0 aliphatic carbocycles. The highest BCUT2D eigenvalue weighted by Crippen LogP contribution is 2.36. The second-order valence-electron chi connectivity index (χ2n) is 20.3. The zero-order valence-electron chi connectivity index (χ0n) is 42.6. The minimum absolute atomic E-state index is 0.858. The van der Waals surface area contributed by atoms with Crippen LogP contribution in [0.5, 0.6) is 0 Å². The fraction of sp³-hybridized carbons (Fsp3) is 0.977. The summed E-state index contributed by atoms with van der Waals surface area (Å²) in [5, 5.41) is 232. The maximum Gasteiger partial charge on any atom is 0.303 e. The molecule has 7 aliphatic rings. The van der Waals surface area contributed by atoms with Gasteiger partial charge in [0.1, 0.15) is 165 Å². The Morgan fingerprint density at radius 1 is 0.296 bits per heavy atom. The molecule has 0 saturated carbocycles. The van der Waals surface area contributed by atoms with E-state index < -0.39 is 267 Å². The summed E-state index contributed by atoms with van der Waals surface area (Å²) in [6, 6.07) is 0. The molecular weight excluding hydrogens is 1120 g/mol. The first kappa shape index (κ1) is 66.6. The van der Waals surface area contributed by atoms with Gasteiger partial charge < -0.3 is 179 Å². The van der Waals surface area contributed by atoms with Gasteiger partial charge in [-0.2, -0.15) is 0 Å². The lowest BCUT2D eigenvalue weighted by molar-refractivity contribution is -0.375. The molecule has 35 atom stereocenters. The van der Waals surface area contributed by atoms with Crippen molar-refractivity contribution >= 4 is 5.97 Å². The van der Waals surface area contributed by atoms with Gasteiger partial charge in [0.25, 0.3) is 0 Å². The molecule has 0 spiro atoms. The molecule has 0 radical (unpaired) electrons. The molecule has 37 heteroatoms. The maximum atomic E-state index is 12.6. The van der Waals surface area contributed by atoms with Gasteiger partial charge in [-0.15, -0.1) is 0 Å². The van der Waals surface area contributed by atoms with Crippen LogP contribution in [0.15, 0.2) is 0 Å². The van der Waals surface area contributed by atoms with Gasteiger partial charge in [-0.25, -0.2) is 0 Å². The third-order valence-electron chi connectivity index (χ3n) is 14.7.